The van der Waals surface area contributed by atoms with Gasteiger partial charge >= 0.3 is 6.18 Å². The smallest absolute Gasteiger partial charge is 0.383 e. The number of imidazole rings is 1. The van der Waals surface area contributed by atoms with Crippen LogP contribution in [0.25, 0.3) is 4.83 Å². The molecule has 4 aromatic rings. The molecule has 0 saturated heterocycles. The van der Waals surface area contributed by atoms with Gasteiger partial charge in [-0.05, 0) is 32.0 Å². The van der Waals surface area contributed by atoms with Gasteiger partial charge < -0.3 is 16.4 Å². The van der Waals surface area contributed by atoms with E-state index in [4.69, 9.17) is 11.1 Å². The Morgan fingerprint density at radius 1 is 1.23 bits per heavy atom. The summed E-state index contributed by atoms with van der Waals surface area (Å²) in [6.07, 6.45) is -0.583. The van der Waals surface area contributed by atoms with Gasteiger partial charge in [0, 0.05) is 12.2 Å². The van der Waals surface area contributed by atoms with Gasteiger partial charge in [0.05, 0.1) is 27.4 Å². The number of nitrogens with zero attached hydrogens (tertiary/aromatic N) is 4. The number of hydrogen-bond acceptors (Lipinski definition) is 8. The fourth-order valence-corrected chi connectivity index (χ4v) is 4.23. The van der Waals surface area contributed by atoms with Crippen molar-refractivity contribution >= 4 is 45.1 Å². The number of fused-ring (bicyclic) bond motifs is 1. The molecule has 3 aromatic heterocycles. The summed E-state index contributed by atoms with van der Waals surface area (Å²) in [4.78, 5) is 25.5. The van der Waals surface area contributed by atoms with Gasteiger partial charge in [-0.2, -0.15) is 13.2 Å². The molecule has 0 atom stereocenters. The molecular formula is C21H18F4N8OS. The van der Waals surface area contributed by atoms with E-state index in [2.05, 4.69) is 25.6 Å². The molecule has 4 rings (SSSR count). The molecule has 1 aromatic carbocycles. The molecule has 0 aliphatic carbocycles. The number of amides is 1. The number of aromatic nitrogens is 4. The summed E-state index contributed by atoms with van der Waals surface area (Å²) >= 11 is 1.02. The molecule has 182 valence electrons. The number of nitrogens with one attached hydrogen (secondary N) is 3. The number of nitrogens with two attached hydrogens (primary N) is 1. The van der Waals surface area contributed by atoms with Crippen LogP contribution in [-0.2, 0) is 6.18 Å². The average molecular weight is 506 g/mol. The minimum absolute atomic E-state index is 0.00442. The molecule has 0 saturated carbocycles. The van der Waals surface area contributed by atoms with Crippen molar-refractivity contribution in [2.75, 3.05) is 16.4 Å². The van der Waals surface area contributed by atoms with Crippen molar-refractivity contribution in [1.82, 2.24) is 19.4 Å². The van der Waals surface area contributed by atoms with Gasteiger partial charge in [0.2, 0.25) is 0 Å². The standard InChI is InChI=1S/C21H18F4N8OS/c1-9(2)31-18-14(17(27)28-7-29-18)15(26)13-6-33-8-30-16(20(33)35-13)19(34)32-12-5-10(21(23,24)25)3-4-11(12)22/h3-9,26H,1-2H3,(H,32,34)(H3,27,28,29,31). The Morgan fingerprint density at radius 2 is 1.97 bits per heavy atom. The van der Waals surface area contributed by atoms with Gasteiger partial charge in [0.25, 0.3) is 5.91 Å². The molecule has 0 aliphatic heterocycles. The summed E-state index contributed by atoms with van der Waals surface area (Å²) in [7, 11) is 0. The van der Waals surface area contributed by atoms with Gasteiger partial charge in [-0.1, -0.05) is 0 Å². The van der Waals surface area contributed by atoms with Crippen molar-refractivity contribution < 1.29 is 22.4 Å². The predicted molar refractivity (Wildman–Crippen MR) is 124 cm³/mol. The largest absolute Gasteiger partial charge is 0.416 e. The maximum Gasteiger partial charge on any atom is 0.416 e. The Labute approximate surface area is 199 Å². The molecule has 1 amide bonds. The summed E-state index contributed by atoms with van der Waals surface area (Å²) in [6, 6.07) is 1.72. The molecule has 0 radical (unpaired) electrons. The molecule has 3 heterocycles. The van der Waals surface area contributed by atoms with Crippen LogP contribution < -0.4 is 16.4 Å². The Bertz CT molecular complexity index is 1440. The third-order valence-corrected chi connectivity index (χ3v) is 5.89. The maximum absolute atomic E-state index is 14.1. The third-order valence-electron chi connectivity index (χ3n) is 4.77. The van der Waals surface area contributed by atoms with Gasteiger partial charge in [0.15, 0.2) is 5.69 Å². The number of carbonyl (C=O) groups is 1. The Kier molecular flexibility index (Phi) is 6.15. The first-order valence-electron chi connectivity index (χ1n) is 10.1. The van der Waals surface area contributed by atoms with Gasteiger partial charge in [-0.25, -0.2) is 19.3 Å². The number of halogens is 4. The summed E-state index contributed by atoms with van der Waals surface area (Å²) in [5.74, 6) is -1.48. The van der Waals surface area contributed by atoms with Crippen molar-refractivity contribution in [2.45, 2.75) is 26.1 Å². The second kappa shape index (κ2) is 8.94. The Morgan fingerprint density at radius 3 is 2.66 bits per heavy atom. The number of hydrogen-bond donors (Lipinski definition) is 4. The van der Waals surface area contributed by atoms with E-state index in [9.17, 15) is 22.4 Å². The maximum atomic E-state index is 14.1. The molecular weight excluding hydrogens is 488 g/mol. The van der Waals surface area contributed by atoms with Crippen LogP contribution in [-0.4, -0.2) is 37.0 Å². The zero-order chi connectivity index (χ0) is 25.5. The van der Waals surface area contributed by atoms with Crippen LogP contribution >= 0.6 is 11.3 Å². The first-order valence-corrected chi connectivity index (χ1v) is 10.9. The quantitative estimate of drug-likeness (QED) is 0.226. The summed E-state index contributed by atoms with van der Waals surface area (Å²) < 4.78 is 54.5. The van der Waals surface area contributed by atoms with Gasteiger partial charge in [-0.15, -0.1) is 11.3 Å². The van der Waals surface area contributed by atoms with E-state index in [0.29, 0.717) is 33.7 Å². The van der Waals surface area contributed by atoms with E-state index in [1.807, 2.05) is 13.8 Å². The lowest BCUT2D eigenvalue weighted by Gasteiger charge is -2.14. The van der Waals surface area contributed by atoms with Crippen molar-refractivity contribution in [3.8, 4) is 0 Å². The van der Waals surface area contributed by atoms with E-state index >= 15 is 0 Å². The van der Waals surface area contributed by atoms with Crippen LogP contribution in [0.2, 0.25) is 0 Å². The van der Waals surface area contributed by atoms with Crippen LogP contribution in [0.1, 0.15) is 40.3 Å². The number of carbonyl (C=O) groups excluding carboxylic acids is 1. The molecule has 0 aliphatic rings. The normalized spacial score (nSPS) is 11.7. The highest BCUT2D eigenvalue weighted by Crippen LogP contribution is 2.32. The molecule has 0 fully saturated rings. The molecule has 14 heteroatoms. The molecule has 0 unspecified atom stereocenters. The van der Waals surface area contributed by atoms with Crippen LogP contribution in [0.5, 0.6) is 0 Å². The summed E-state index contributed by atoms with van der Waals surface area (Å²) in [6.45, 7) is 3.79. The second-order valence-electron chi connectivity index (χ2n) is 7.70. The van der Waals surface area contributed by atoms with E-state index in [1.165, 1.54) is 17.1 Å². The highest BCUT2D eigenvalue weighted by atomic mass is 32.1. The van der Waals surface area contributed by atoms with E-state index in [0.717, 1.165) is 11.3 Å². The van der Waals surface area contributed by atoms with Crippen molar-refractivity contribution in [1.29, 1.82) is 5.41 Å². The molecule has 0 spiro atoms. The highest BCUT2D eigenvalue weighted by Gasteiger charge is 2.31. The van der Waals surface area contributed by atoms with Crippen LogP contribution in [0.3, 0.4) is 0 Å². The summed E-state index contributed by atoms with van der Waals surface area (Å²) in [5.41, 5.74) is 4.38. The number of thiazole rings is 1. The molecule has 0 bridgehead atoms. The number of nitrogen functional groups attached to an aromatic ring is 1. The minimum atomic E-state index is -4.70. The minimum Gasteiger partial charge on any atom is -0.383 e. The van der Waals surface area contributed by atoms with E-state index < -0.39 is 29.2 Å². The highest BCUT2D eigenvalue weighted by molar-refractivity contribution is 7.19. The van der Waals surface area contributed by atoms with Crippen LogP contribution in [0.4, 0.5) is 34.9 Å². The lowest BCUT2D eigenvalue weighted by Crippen LogP contribution is -2.17. The van der Waals surface area contributed by atoms with Gasteiger partial charge in [-0.3, -0.25) is 14.6 Å². The number of rotatable bonds is 6. The predicted octanol–water partition coefficient (Wildman–Crippen LogP) is 4.41. The average Bonchev–Trinajstić information content (AvgIpc) is 3.34. The van der Waals surface area contributed by atoms with Crippen LogP contribution in [0.15, 0.2) is 37.1 Å². The number of benzene rings is 1. The Hall–Kier alpha value is -4.07. The van der Waals surface area contributed by atoms with Crippen molar-refractivity contribution in [3.05, 3.63) is 64.6 Å². The van der Waals surface area contributed by atoms with Gasteiger partial charge in [0.1, 0.15) is 34.9 Å². The van der Waals surface area contributed by atoms with Crippen LogP contribution in [0, 0.1) is 11.2 Å². The zero-order valence-corrected chi connectivity index (χ0v) is 19.1. The van der Waals surface area contributed by atoms with Crippen molar-refractivity contribution in [3.63, 3.8) is 0 Å². The topological polar surface area (TPSA) is 134 Å². The lowest BCUT2D eigenvalue weighted by molar-refractivity contribution is -0.137. The first-order chi connectivity index (χ1) is 16.5. The molecule has 35 heavy (non-hydrogen) atoms. The SMILES string of the molecule is CC(C)Nc1ncnc(N)c1C(=N)c1cn2cnc(C(=O)Nc3cc(C(F)(F)F)ccc3F)c2s1. The zero-order valence-electron chi connectivity index (χ0n) is 18.2. The van der Waals surface area contributed by atoms with Crippen molar-refractivity contribution in [2.24, 2.45) is 0 Å². The number of alkyl halides is 3. The monoisotopic (exact) mass is 506 g/mol. The molecule has 9 nitrogen and oxygen atoms in total. The third kappa shape index (κ3) is 4.77. The second-order valence-corrected chi connectivity index (χ2v) is 8.73. The lowest BCUT2D eigenvalue weighted by atomic mass is 10.1. The summed E-state index contributed by atoms with van der Waals surface area (Å²) in [5, 5.41) is 13.9. The fourth-order valence-electron chi connectivity index (χ4n) is 3.20. The fraction of sp³-hybridized carbons (Fsp3) is 0.190. The van der Waals surface area contributed by atoms with E-state index in [-0.39, 0.29) is 28.8 Å². The van der Waals surface area contributed by atoms with E-state index in [1.54, 1.807) is 6.20 Å². The number of anilines is 3. The first kappa shape index (κ1) is 24.1. The Balaban J connectivity index is 1.66. The molecule has 5 N–H and O–H groups in total.